The fraction of sp³-hybridized carbons (Fsp3) is 0.250. The molecule has 0 amide bonds. The number of fused-ring (bicyclic) bond motifs is 1. The largest absolute Gasteiger partial charge is 0.276 e. The van der Waals surface area contributed by atoms with E-state index in [0.717, 1.165) is 21.0 Å². The molecule has 0 unspecified atom stereocenters. The van der Waals surface area contributed by atoms with Crippen molar-refractivity contribution < 1.29 is 0 Å². The standard InChI is InChI=1S/C8H8BrN3S/c1-2-13-8-11-10-7-4-3-6(9)5-12(7)8/h3-5H,2H2,1H3. The first-order chi connectivity index (χ1) is 6.31. The summed E-state index contributed by atoms with van der Waals surface area (Å²) < 4.78 is 3.02. The van der Waals surface area contributed by atoms with Gasteiger partial charge in [-0.2, -0.15) is 0 Å². The van der Waals surface area contributed by atoms with Crippen molar-refractivity contribution in [1.29, 1.82) is 0 Å². The van der Waals surface area contributed by atoms with E-state index in [2.05, 4.69) is 33.1 Å². The Morgan fingerprint density at radius 1 is 1.46 bits per heavy atom. The Morgan fingerprint density at radius 2 is 2.31 bits per heavy atom. The van der Waals surface area contributed by atoms with Gasteiger partial charge in [0.05, 0.1) is 0 Å². The SMILES string of the molecule is CCSc1nnc2ccc(Br)cn12. The molecule has 5 heteroatoms. The van der Waals surface area contributed by atoms with Crippen LogP contribution in [0.5, 0.6) is 0 Å². The number of thioether (sulfide) groups is 1. The molecule has 13 heavy (non-hydrogen) atoms. The molecule has 0 N–H and O–H groups in total. The number of aromatic nitrogens is 3. The van der Waals surface area contributed by atoms with Gasteiger partial charge in [0.2, 0.25) is 0 Å². The summed E-state index contributed by atoms with van der Waals surface area (Å²) >= 11 is 5.11. The summed E-state index contributed by atoms with van der Waals surface area (Å²) in [5, 5.41) is 9.07. The van der Waals surface area contributed by atoms with Crippen LogP contribution in [0.2, 0.25) is 0 Å². The van der Waals surface area contributed by atoms with Gasteiger partial charge in [-0.1, -0.05) is 18.7 Å². The maximum Gasteiger partial charge on any atom is 0.195 e. The van der Waals surface area contributed by atoms with E-state index < -0.39 is 0 Å². The lowest BCUT2D eigenvalue weighted by Gasteiger charge is -1.96. The maximum atomic E-state index is 4.08. The highest BCUT2D eigenvalue weighted by molar-refractivity contribution is 9.10. The van der Waals surface area contributed by atoms with Crippen LogP contribution >= 0.6 is 27.7 Å². The minimum absolute atomic E-state index is 0.888. The van der Waals surface area contributed by atoms with Crippen LogP contribution in [0.15, 0.2) is 28.0 Å². The van der Waals surface area contributed by atoms with E-state index in [1.807, 2.05) is 22.7 Å². The van der Waals surface area contributed by atoms with Crippen LogP contribution in [-0.2, 0) is 0 Å². The first-order valence-electron chi connectivity index (χ1n) is 3.94. The van der Waals surface area contributed by atoms with Gasteiger partial charge in [0.25, 0.3) is 0 Å². The van der Waals surface area contributed by atoms with Gasteiger partial charge in [-0.3, -0.25) is 4.40 Å². The van der Waals surface area contributed by atoms with E-state index in [0.29, 0.717) is 0 Å². The third-order valence-corrected chi connectivity index (χ3v) is 2.90. The van der Waals surface area contributed by atoms with Gasteiger partial charge in [-0.05, 0) is 33.8 Å². The third kappa shape index (κ3) is 1.71. The van der Waals surface area contributed by atoms with E-state index in [4.69, 9.17) is 0 Å². The molecule has 2 aromatic heterocycles. The molecule has 0 fully saturated rings. The third-order valence-electron chi connectivity index (χ3n) is 1.61. The molecule has 0 aliphatic carbocycles. The minimum Gasteiger partial charge on any atom is -0.276 e. The topological polar surface area (TPSA) is 30.2 Å². The molecule has 68 valence electrons. The number of halogens is 1. The molecule has 0 saturated heterocycles. The van der Waals surface area contributed by atoms with Crippen LogP contribution in [0.3, 0.4) is 0 Å². The summed E-state index contributed by atoms with van der Waals surface area (Å²) in [4.78, 5) is 0. The summed E-state index contributed by atoms with van der Waals surface area (Å²) in [5.41, 5.74) is 0.888. The van der Waals surface area contributed by atoms with Crippen molar-refractivity contribution in [3.05, 3.63) is 22.8 Å². The van der Waals surface area contributed by atoms with E-state index in [-0.39, 0.29) is 0 Å². The second-order valence-electron chi connectivity index (χ2n) is 2.49. The van der Waals surface area contributed by atoms with Crippen LogP contribution in [0.1, 0.15) is 6.92 Å². The molecule has 0 atom stereocenters. The van der Waals surface area contributed by atoms with Crippen LogP contribution < -0.4 is 0 Å². The van der Waals surface area contributed by atoms with Crippen LogP contribution in [0, 0.1) is 0 Å². The van der Waals surface area contributed by atoms with E-state index in [1.54, 1.807) is 11.8 Å². The van der Waals surface area contributed by atoms with Crippen molar-refractivity contribution in [1.82, 2.24) is 14.6 Å². The zero-order valence-electron chi connectivity index (χ0n) is 7.07. The van der Waals surface area contributed by atoms with Gasteiger partial charge in [0.15, 0.2) is 10.8 Å². The first kappa shape index (κ1) is 9.02. The van der Waals surface area contributed by atoms with Gasteiger partial charge in [0, 0.05) is 10.7 Å². The molecule has 0 bridgehead atoms. The zero-order valence-corrected chi connectivity index (χ0v) is 9.47. The Labute approximate surface area is 88.7 Å². The normalized spacial score (nSPS) is 10.9. The van der Waals surface area contributed by atoms with Gasteiger partial charge in [-0.15, -0.1) is 10.2 Å². The van der Waals surface area contributed by atoms with Crippen molar-refractivity contribution >= 4 is 33.3 Å². The summed E-state index contributed by atoms with van der Waals surface area (Å²) in [6.07, 6.45) is 1.98. The summed E-state index contributed by atoms with van der Waals surface area (Å²) in [6, 6.07) is 3.90. The quantitative estimate of drug-likeness (QED) is 0.775. The molecule has 0 spiro atoms. The molecule has 2 aromatic rings. The molecular formula is C8H8BrN3S. The number of nitrogens with zero attached hydrogens (tertiary/aromatic N) is 3. The lowest BCUT2D eigenvalue weighted by molar-refractivity contribution is 0.920. The van der Waals surface area contributed by atoms with E-state index in [1.165, 1.54) is 0 Å². The number of pyridine rings is 1. The fourth-order valence-corrected chi connectivity index (χ4v) is 2.05. The highest BCUT2D eigenvalue weighted by atomic mass is 79.9. The Balaban J connectivity index is 2.58. The molecule has 0 saturated carbocycles. The summed E-state index contributed by atoms with van der Waals surface area (Å²) in [7, 11) is 0. The minimum atomic E-state index is 0.888. The van der Waals surface area contributed by atoms with Crippen molar-refractivity contribution in [2.45, 2.75) is 12.1 Å². The Morgan fingerprint density at radius 3 is 3.08 bits per heavy atom. The average Bonchev–Trinajstić information content (AvgIpc) is 2.49. The van der Waals surface area contributed by atoms with Crippen molar-refractivity contribution in [2.75, 3.05) is 5.75 Å². The molecule has 3 nitrogen and oxygen atoms in total. The lowest BCUT2D eigenvalue weighted by atomic mass is 10.5. The van der Waals surface area contributed by atoms with Crippen molar-refractivity contribution in [2.24, 2.45) is 0 Å². The molecule has 2 heterocycles. The highest BCUT2D eigenvalue weighted by Gasteiger charge is 2.03. The van der Waals surface area contributed by atoms with Crippen molar-refractivity contribution in [3.63, 3.8) is 0 Å². The highest BCUT2D eigenvalue weighted by Crippen LogP contribution is 2.18. The van der Waals surface area contributed by atoms with Gasteiger partial charge >= 0.3 is 0 Å². The zero-order chi connectivity index (χ0) is 9.26. The summed E-state index contributed by atoms with van der Waals surface area (Å²) in [6.45, 7) is 2.10. The number of rotatable bonds is 2. The maximum absolute atomic E-state index is 4.08. The van der Waals surface area contributed by atoms with E-state index >= 15 is 0 Å². The Hall–Kier alpha value is -0.550. The van der Waals surface area contributed by atoms with Crippen LogP contribution in [0.25, 0.3) is 5.65 Å². The fourth-order valence-electron chi connectivity index (χ4n) is 1.07. The monoisotopic (exact) mass is 257 g/mol. The molecule has 2 rings (SSSR count). The van der Waals surface area contributed by atoms with Gasteiger partial charge in [0.1, 0.15) is 0 Å². The molecule has 0 aromatic carbocycles. The number of hydrogen-bond donors (Lipinski definition) is 0. The lowest BCUT2D eigenvalue weighted by Crippen LogP contribution is -1.86. The molecule has 0 radical (unpaired) electrons. The average molecular weight is 258 g/mol. The van der Waals surface area contributed by atoms with Gasteiger partial charge in [-0.25, -0.2) is 0 Å². The predicted molar refractivity (Wildman–Crippen MR) is 57.1 cm³/mol. The van der Waals surface area contributed by atoms with Gasteiger partial charge < -0.3 is 0 Å². The first-order valence-corrected chi connectivity index (χ1v) is 5.72. The molecule has 0 aliphatic heterocycles. The predicted octanol–water partition coefficient (Wildman–Crippen LogP) is 2.60. The Kier molecular flexibility index (Phi) is 2.55. The number of hydrogen-bond acceptors (Lipinski definition) is 3. The summed E-state index contributed by atoms with van der Waals surface area (Å²) in [5.74, 6) is 1.01. The Bertz CT molecular complexity index is 426. The van der Waals surface area contributed by atoms with Crippen LogP contribution in [-0.4, -0.2) is 20.4 Å². The molecule has 0 aliphatic rings. The smallest absolute Gasteiger partial charge is 0.195 e. The molecular weight excluding hydrogens is 250 g/mol. The van der Waals surface area contributed by atoms with E-state index in [9.17, 15) is 0 Å². The van der Waals surface area contributed by atoms with Crippen LogP contribution in [0.4, 0.5) is 0 Å². The van der Waals surface area contributed by atoms with Crippen molar-refractivity contribution in [3.8, 4) is 0 Å². The second kappa shape index (κ2) is 3.67. The second-order valence-corrected chi connectivity index (χ2v) is 4.64.